The molecular weight excluding hydrogens is 333 g/mol. The third-order valence-corrected chi connectivity index (χ3v) is 6.53. The molecule has 106 valence electrons. The molecule has 1 aromatic rings. The summed E-state index contributed by atoms with van der Waals surface area (Å²) in [7, 11) is -3.80. The fourth-order valence-electron chi connectivity index (χ4n) is 2.02. The second kappa shape index (κ2) is 5.45. The van der Waals surface area contributed by atoms with E-state index in [0.29, 0.717) is 23.7 Å². The van der Waals surface area contributed by atoms with Gasteiger partial charge in [0.25, 0.3) is 0 Å². The number of hydrogen-bond acceptors (Lipinski definition) is 5. The number of oxime groups is 1. The van der Waals surface area contributed by atoms with Gasteiger partial charge in [0.1, 0.15) is 9.23 Å². The van der Waals surface area contributed by atoms with Crippen LogP contribution in [0.15, 0.2) is 16.1 Å². The number of amidine groups is 1. The number of nitrogens with two attached hydrogens (primary N) is 1. The molecule has 0 saturated carbocycles. The van der Waals surface area contributed by atoms with Crippen molar-refractivity contribution in [3.63, 3.8) is 0 Å². The summed E-state index contributed by atoms with van der Waals surface area (Å²) in [5.41, 5.74) is 5.52. The van der Waals surface area contributed by atoms with E-state index < -0.39 is 16.1 Å². The highest BCUT2D eigenvalue weighted by molar-refractivity contribution is 7.89. The van der Waals surface area contributed by atoms with Crippen LogP contribution in [-0.2, 0) is 10.0 Å². The van der Waals surface area contributed by atoms with Crippen molar-refractivity contribution in [3.05, 3.63) is 14.7 Å². The molecule has 0 amide bonds. The van der Waals surface area contributed by atoms with Gasteiger partial charge in [-0.3, -0.25) is 0 Å². The molecule has 19 heavy (non-hydrogen) atoms. The number of thiophene rings is 1. The number of halogens is 2. The Morgan fingerprint density at radius 1 is 1.58 bits per heavy atom. The van der Waals surface area contributed by atoms with E-state index in [0.717, 1.165) is 11.3 Å². The van der Waals surface area contributed by atoms with Crippen molar-refractivity contribution >= 4 is 50.4 Å². The average Bonchev–Trinajstić information content (AvgIpc) is 2.95. The predicted octanol–water partition coefficient (Wildman–Crippen LogP) is 1.95. The van der Waals surface area contributed by atoms with Crippen LogP contribution in [0.25, 0.3) is 0 Å². The van der Waals surface area contributed by atoms with Crippen molar-refractivity contribution in [2.45, 2.75) is 23.8 Å². The Labute approximate surface area is 124 Å². The zero-order chi connectivity index (χ0) is 14.2. The maximum absolute atomic E-state index is 12.5. The highest BCUT2D eigenvalue weighted by Crippen LogP contribution is 2.37. The van der Waals surface area contributed by atoms with Crippen molar-refractivity contribution in [2.75, 3.05) is 6.54 Å². The Morgan fingerprint density at radius 2 is 2.26 bits per heavy atom. The molecule has 3 N–H and O–H groups in total. The van der Waals surface area contributed by atoms with Crippen molar-refractivity contribution in [1.29, 1.82) is 0 Å². The van der Waals surface area contributed by atoms with Crippen LogP contribution in [0.5, 0.6) is 0 Å². The highest BCUT2D eigenvalue weighted by Gasteiger charge is 2.39. The lowest BCUT2D eigenvalue weighted by molar-refractivity contribution is 0.311. The van der Waals surface area contributed by atoms with Crippen molar-refractivity contribution < 1.29 is 13.6 Å². The summed E-state index contributed by atoms with van der Waals surface area (Å²) in [6, 6.07) is 0.663. The van der Waals surface area contributed by atoms with E-state index in [4.69, 9.17) is 34.1 Å². The summed E-state index contributed by atoms with van der Waals surface area (Å²) in [4.78, 5) is -0.0400. The Bertz CT molecular complexity index is 614. The molecule has 1 unspecified atom stereocenters. The maximum atomic E-state index is 12.5. The first-order valence-corrected chi connectivity index (χ1v) is 8.33. The normalized spacial score (nSPS) is 22.0. The first-order valence-electron chi connectivity index (χ1n) is 5.32. The van der Waals surface area contributed by atoms with E-state index in [1.807, 2.05) is 0 Å². The van der Waals surface area contributed by atoms with Gasteiger partial charge in [-0.25, -0.2) is 8.42 Å². The Hall–Kier alpha value is -0.540. The van der Waals surface area contributed by atoms with Crippen LogP contribution in [0.3, 0.4) is 0 Å². The van der Waals surface area contributed by atoms with Gasteiger partial charge in [0.2, 0.25) is 10.0 Å². The van der Waals surface area contributed by atoms with Gasteiger partial charge >= 0.3 is 0 Å². The molecule has 1 atom stereocenters. The highest BCUT2D eigenvalue weighted by atomic mass is 35.5. The third kappa shape index (κ3) is 2.68. The monoisotopic (exact) mass is 343 g/mol. The fourth-order valence-corrected chi connectivity index (χ4v) is 5.80. The summed E-state index contributed by atoms with van der Waals surface area (Å²) in [6.07, 6.45) is 1.14. The summed E-state index contributed by atoms with van der Waals surface area (Å²) >= 11 is 12.6. The maximum Gasteiger partial charge on any atom is 0.246 e. The van der Waals surface area contributed by atoms with Crippen LogP contribution in [0.4, 0.5) is 0 Å². The van der Waals surface area contributed by atoms with Crippen LogP contribution in [0, 0.1) is 0 Å². The molecule has 1 fully saturated rings. The molecule has 1 saturated heterocycles. The van der Waals surface area contributed by atoms with E-state index >= 15 is 0 Å². The molecule has 2 heterocycles. The van der Waals surface area contributed by atoms with E-state index in [9.17, 15) is 8.42 Å². The van der Waals surface area contributed by atoms with Gasteiger partial charge in [-0.15, -0.1) is 11.3 Å². The summed E-state index contributed by atoms with van der Waals surface area (Å²) < 4.78 is 26.6. The van der Waals surface area contributed by atoms with Gasteiger partial charge < -0.3 is 10.9 Å². The number of rotatable bonds is 3. The lowest BCUT2D eigenvalue weighted by Gasteiger charge is -2.22. The van der Waals surface area contributed by atoms with Crippen LogP contribution in [0.1, 0.15) is 12.8 Å². The van der Waals surface area contributed by atoms with E-state index in [1.54, 1.807) is 0 Å². The molecular formula is C9H11Cl2N3O3S2. The number of sulfonamides is 1. The quantitative estimate of drug-likeness (QED) is 0.379. The minimum Gasteiger partial charge on any atom is -0.409 e. The van der Waals surface area contributed by atoms with Gasteiger partial charge in [-0.05, 0) is 18.9 Å². The first-order chi connectivity index (χ1) is 8.87. The van der Waals surface area contributed by atoms with Gasteiger partial charge in [-0.1, -0.05) is 28.4 Å². The smallest absolute Gasteiger partial charge is 0.246 e. The van der Waals surface area contributed by atoms with Gasteiger partial charge in [-0.2, -0.15) is 4.31 Å². The second-order valence-corrected chi connectivity index (χ2v) is 8.13. The molecule has 10 heteroatoms. The molecule has 2 rings (SSSR count). The molecule has 1 aromatic heterocycles. The Morgan fingerprint density at radius 3 is 2.79 bits per heavy atom. The predicted molar refractivity (Wildman–Crippen MR) is 74.7 cm³/mol. The van der Waals surface area contributed by atoms with Gasteiger partial charge in [0.05, 0.1) is 10.4 Å². The average molecular weight is 344 g/mol. The third-order valence-electron chi connectivity index (χ3n) is 2.87. The van der Waals surface area contributed by atoms with Gasteiger partial charge in [0.15, 0.2) is 5.84 Å². The molecule has 0 aromatic carbocycles. The zero-order valence-electron chi connectivity index (χ0n) is 9.58. The second-order valence-electron chi connectivity index (χ2n) is 3.99. The van der Waals surface area contributed by atoms with Gasteiger partial charge in [0, 0.05) is 6.54 Å². The number of nitrogens with zero attached hydrogens (tertiary/aromatic N) is 2. The Balaban J connectivity index is 2.42. The topological polar surface area (TPSA) is 96.0 Å². The largest absolute Gasteiger partial charge is 0.409 e. The van der Waals surface area contributed by atoms with Crippen LogP contribution in [-0.4, -0.2) is 36.4 Å². The molecule has 0 bridgehead atoms. The number of hydrogen-bond donors (Lipinski definition) is 2. The lowest BCUT2D eigenvalue weighted by Crippen LogP contribution is -2.43. The van der Waals surface area contributed by atoms with Crippen molar-refractivity contribution in [3.8, 4) is 0 Å². The van der Waals surface area contributed by atoms with E-state index in [1.165, 1.54) is 10.4 Å². The minimum atomic E-state index is -3.80. The first kappa shape index (κ1) is 14.9. The summed E-state index contributed by atoms with van der Waals surface area (Å²) in [6.45, 7) is 0.299. The zero-order valence-corrected chi connectivity index (χ0v) is 12.7. The molecule has 1 aliphatic rings. The Kier molecular flexibility index (Phi) is 4.26. The molecule has 6 nitrogen and oxygen atoms in total. The fraction of sp³-hybridized carbons (Fsp3) is 0.444. The molecule has 0 radical (unpaired) electrons. The minimum absolute atomic E-state index is 0.0400. The summed E-state index contributed by atoms with van der Waals surface area (Å²) in [5, 5.41) is 11.6. The van der Waals surface area contributed by atoms with Crippen molar-refractivity contribution in [2.24, 2.45) is 10.9 Å². The van der Waals surface area contributed by atoms with Crippen LogP contribution in [0.2, 0.25) is 8.67 Å². The molecule has 0 aliphatic carbocycles. The van der Waals surface area contributed by atoms with Crippen LogP contribution < -0.4 is 5.73 Å². The van der Waals surface area contributed by atoms with Crippen LogP contribution >= 0.6 is 34.5 Å². The SMILES string of the molecule is NC(=NO)C1CCCN1S(=O)(=O)c1cc(Cl)sc1Cl. The standard InChI is InChI=1S/C9H11Cl2N3O3S2/c10-7-4-6(8(11)18-7)19(16,17)14-3-1-2-5(14)9(12)13-15/h4-5,15H,1-3H2,(H2,12,13). The lowest BCUT2D eigenvalue weighted by atomic mass is 10.2. The summed E-state index contributed by atoms with van der Waals surface area (Å²) in [5.74, 6) is -0.126. The molecule has 0 spiro atoms. The molecule has 1 aliphatic heterocycles. The van der Waals surface area contributed by atoms with E-state index in [2.05, 4.69) is 5.16 Å². The van der Waals surface area contributed by atoms with E-state index in [-0.39, 0.29) is 15.1 Å². The van der Waals surface area contributed by atoms with Crippen molar-refractivity contribution in [1.82, 2.24) is 4.31 Å².